The Bertz CT molecular complexity index is 368. The van der Waals surface area contributed by atoms with Crippen LogP contribution in [0.3, 0.4) is 0 Å². The summed E-state index contributed by atoms with van der Waals surface area (Å²) in [4.78, 5) is 0. The third kappa shape index (κ3) is 3.23. The van der Waals surface area contributed by atoms with Gasteiger partial charge in [-0.05, 0) is 44.1 Å². The van der Waals surface area contributed by atoms with Crippen molar-refractivity contribution in [2.24, 2.45) is 17.6 Å². The van der Waals surface area contributed by atoms with Gasteiger partial charge in [-0.3, -0.25) is 0 Å². The van der Waals surface area contributed by atoms with E-state index in [1.807, 2.05) is 6.92 Å². The molecule has 1 saturated heterocycles. The summed E-state index contributed by atoms with van der Waals surface area (Å²) in [5.74, 6) is 0.919. The van der Waals surface area contributed by atoms with Gasteiger partial charge in [-0.2, -0.15) is 17.0 Å². The van der Waals surface area contributed by atoms with E-state index in [1.165, 1.54) is 12.8 Å². The molecule has 1 atom stereocenters. The minimum atomic E-state index is -3.26. The second-order valence-electron chi connectivity index (χ2n) is 5.50. The molecule has 0 aromatic carbocycles. The summed E-state index contributed by atoms with van der Waals surface area (Å²) < 4.78 is 28.4. The molecule has 0 amide bonds. The maximum atomic E-state index is 12.6. The number of piperidine rings is 1. The zero-order valence-electron chi connectivity index (χ0n) is 11.2. The molecule has 1 saturated carbocycles. The number of hydrogen-bond donors (Lipinski definition) is 1. The molecule has 2 rings (SSSR count). The fraction of sp³-hybridized carbons (Fsp3) is 1.00. The van der Waals surface area contributed by atoms with Gasteiger partial charge in [0, 0.05) is 26.2 Å². The Morgan fingerprint density at radius 2 is 2.00 bits per heavy atom. The number of rotatable bonds is 6. The van der Waals surface area contributed by atoms with Crippen LogP contribution >= 0.6 is 0 Å². The molecule has 0 aromatic rings. The van der Waals surface area contributed by atoms with Crippen molar-refractivity contribution in [3.05, 3.63) is 0 Å². The van der Waals surface area contributed by atoms with E-state index in [-0.39, 0.29) is 0 Å². The summed E-state index contributed by atoms with van der Waals surface area (Å²) >= 11 is 0. The van der Waals surface area contributed by atoms with Crippen molar-refractivity contribution in [2.75, 3.05) is 32.7 Å². The van der Waals surface area contributed by atoms with Crippen molar-refractivity contribution in [3.63, 3.8) is 0 Å². The number of nitrogens with two attached hydrogens (primary N) is 1. The largest absolute Gasteiger partial charge is 0.330 e. The van der Waals surface area contributed by atoms with Crippen LogP contribution in [0, 0.1) is 11.8 Å². The minimum Gasteiger partial charge on any atom is -0.330 e. The van der Waals surface area contributed by atoms with Crippen LogP contribution in [0.25, 0.3) is 0 Å². The van der Waals surface area contributed by atoms with Gasteiger partial charge in [0.15, 0.2) is 0 Å². The lowest BCUT2D eigenvalue weighted by atomic mass is 10.0. The first-order chi connectivity index (χ1) is 8.57. The Morgan fingerprint density at radius 1 is 1.28 bits per heavy atom. The van der Waals surface area contributed by atoms with Crippen LogP contribution in [0.15, 0.2) is 0 Å². The molecule has 6 heteroatoms. The molecule has 0 radical (unpaired) electrons. The maximum absolute atomic E-state index is 12.6. The van der Waals surface area contributed by atoms with Crippen molar-refractivity contribution in [3.8, 4) is 0 Å². The fourth-order valence-corrected chi connectivity index (χ4v) is 4.38. The van der Waals surface area contributed by atoms with Crippen LogP contribution < -0.4 is 5.73 Å². The van der Waals surface area contributed by atoms with E-state index in [9.17, 15) is 8.42 Å². The van der Waals surface area contributed by atoms with Gasteiger partial charge in [-0.1, -0.05) is 6.92 Å². The van der Waals surface area contributed by atoms with Gasteiger partial charge in [0.2, 0.25) is 0 Å². The Balaban J connectivity index is 2.02. The van der Waals surface area contributed by atoms with E-state index in [0.29, 0.717) is 44.6 Å². The van der Waals surface area contributed by atoms with E-state index in [2.05, 4.69) is 0 Å². The first-order valence-corrected chi connectivity index (χ1v) is 8.43. The van der Waals surface area contributed by atoms with Crippen LogP contribution in [0.1, 0.15) is 32.6 Å². The molecular weight excluding hydrogens is 250 g/mol. The third-order valence-corrected chi connectivity index (χ3v) is 6.02. The van der Waals surface area contributed by atoms with Gasteiger partial charge in [-0.15, -0.1) is 0 Å². The third-order valence-electron chi connectivity index (χ3n) is 3.98. The summed E-state index contributed by atoms with van der Waals surface area (Å²) in [5, 5.41) is 0. The standard InChI is InChI=1S/C12H25N3O2S/c1-2-14(9-11-5-6-11)18(16,17)15-7-3-4-12(8-13)10-15/h11-12H,2-10,13H2,1H3. The smallest absolute Gasteiger partial charge is 0.281 e. The monoisotopic (exact) mass is 275 g/mol. The van der Waals surface area contributed by atoms with Crippen molar-refractivity contribution in [1.29, 1.82) is 0 Å². The summed E-state index contributed by atoms with van der Waals surface area (Å²) in [6.07, 6.45) is 4.34. The molecule has 1 aliphatic heterocycles. The summed E-state index contributed by atoms with van der Waals surface area (Å²) in [6, 6.07) is 0. The summed E-state index contributed by atoms with van der Waals surface area (Å²) in [7, 11) is -3.26. The highest BCUT2D eigenvalue weighted by Crippen LogP contribution is 2.31. The average molecular weight is 275 g/mol. The lowest BCUT2D eigenvalue weighted by molar-refractivity contribution is 0.250. The van der Waals surface area contributed by atoms with Crippen LogP contribution in [0.5, 0.6) is 0 Å². The number of nitrogens with zero attached hydrogens (tertiary/aromatic N) is 2. The lowest BCUT2D eigenvalue weighted by Crippen LogP contribution is -2.49. The van der Waals surface area contributed by atoms with Crippen molar-refractivity contribution in [1.82, 2.24) is 8.61 Å². The second kappa shape index (κ2) is 5.86. The molecular formula is C12H25N3O2S. The first-order valence-electron chi connectivity index (χ1n) is 7.03. The Labute approximate surface area is 110 Å². The summed E-state index contributed by atoms with van der Waals surface area (Å²) in [5.41, 5.74) is 5.67. The SMILES string of the molecule is CCN(CC1CC1)S(=O)(=O)N1CCCC(CN)C1. The Kier molecular flexibility index (Phi) is 4.64. The Morgan fingerprint density at radius 3 is 2.56 bits per heavy atom. The lowest BCUT2D eigenvalue weighted by Gasteiger charge is -2.35. The zero-order chi connectivity index (χ0) is 13.2. The molecule has 1 heterocycles. The molecule has 2 N–H and O–H groups in total. The van der Waals surface area contributed by atoms with E-state index in [4.69, 9.17) is 5.73 Å². The molecule has 106 valence electrons. The molecule has 0 bridgehead atoms. The highest BCUT2D eigenvalue weighted by Gasteiger charge is 2.35. The minimum absolute atomic E-state index is 0.327. The fourth-order valence-electron chi connectivity index (χ4n) is 2.57. The highest BCUT2D eigenvalue weighted by molar-refractivity contribution is 7.86. The molecule has 1 unspecified atom stereocenters. The molecule has 2 aliphatic rings. The van der Waals surface area contributed by atoms with Crippen molar-refractivity contribution >= 4 is 10.2 Å². The Hall–Kier alpha value is -0.170. The molecule has 2 fully saturated rings. The topological polar surface area (TPSA) is 66.6 Å². The first kappa shape index (κ1) is 14.2. The van der Waals surface area contributed by atoms with E-state index in [1.54, 1.807) is 8.61 Å². The zero-order valence-corrected chi connectivity index (χ0v) is 12.0. The highest BCUT2D eigenvalue weighted by atomic mass is 32.2. The van der Waals surface area contributed by atoms with Crippen molar-refractivity contribution < 1.29 is 8.42 Å². The van der Waals surface area contributed by atoms with Gasteiger partial charge >= 0.3 is 0 Å². The predicted molar refractivity (Wildman–Crippen MR) is 72.2 cm³/mol. The van der Waals surface area contributed by atoms with Gasteiger partial charge < -0.3 is 5.73 Å². The van der Waals surface area contributed by atoms with Crippen LogP contribution in [0.2, 0.25) is 0 Å². The quantitative estimate of drug-likeness (QED) is 0.773. The van der Waals surface area contributed by atoms with Crippen LogP contribution in [-0.4, -0.2) is 49.8 Å². The van der Waals surface area contributed by atoms with Gasteiger partial charge in [0.25, 0.3) is 10.2 Å². The second-order valence-corrected chi connectivity index (χ2v) is 7.43. The van der Waals surface area contributed by atoms with Crippen LogP contribution in [0.4, 0.5) is 0 Å². The molecule has 0 aromatic heterocycles. The molecule has 1 aliphatic carbocycles. The summed E-state index contributed by atoms with van der Waals surface area (Å²) in [6.45, 7) is 5.02. The van der Waals surface area contributed by atoms with E-state index in [0.717, 1.165) is 12.8 Å². The maximum Gasteiger partial charge on any atom is 0.281 e. The number of hydrogen-bond acceptors (Lipinski definition) is 3. The van der Waals surface area contributed by atoms with Gasteiger partial charge in [0.1, 0.15) is 0 Å². The predicted octanol–water partition coefficient (Wildman–Crippen LogP) is 0.634. The van der Waals surface area contributed by atoms with Gasteiger partial charge in [0.05, 0.1) is 0 Å². The van der Waals surface area contributed by atoms with Crippen LogP contribution in [-0.2, 0) is 10.2 Å². The molecule has 0 spiro atoms. The van der Waals surface area contributed by atoms with E-state index >= 15 is 0 Å². The van der Waals surface area contributed by atoms with Crippen molar-refractivity contribution in [2.45, 2.75) is 32.6 Å². The van der Waals surface area contributed by atoms with Gasteiger partial charge in [-0.25, -0.2) is 0 Å². The normalized spacial score (nSPS) is 26.7. The average Bonchev–Trinajstić information content (AvgIpc) is 3.19. The molecule has 5 nitrogen and oxygen atoms in total. The molecule has 18 heavy (non-hydrogen) atoms. The van der Waals surface area contributed by atoms with E-state index < -0.39 is 10.2 Å².